The molecule has 2 saturated heterocycles. The van der Waals surface area contributed by atoms with E-state index in [4.69, 9.17) is 0 Å². The fourth-order valence-electron chi connectivity index (χ4n) is 3.63. The molecule has 2 fully saturated rings. The molecule has 9 heteroatoms. The van der Waals surface area contributed by atoms with Gasteiger partial charge < -0.3 is 10.2 Å². The van der Waals surface area contributed by atoms with Gasteiger partial charge in [-0.3, -0.25) is 10.1 Å². The molecular weight excluding hydrogens is 322 g/mol. The molecule has 2 N–H and O–H groups in total. The molecule has 132 valence electrons. The van der Waals surface area contributed by atoms with Crippen LogP contribution in [0.15, 0.2) is 12.5 Å². The second-order valence-corrected chi connectivity index (χ2v) is 7.68. The maximum absolute atomic E-state index is 12.3. The third-order valence-corrected chi connectivity index (χ3v) is 4.79. The lowest BCUT2D eigenvalue weighted by atomic mass is 9.89. The number of nitrogens with one attached hydrogen (secondary N) is 2. The van der Waals surface area contributed by atoms with E-state index in [0.717, 1.165) is 29.8 Å². The molecule has 1 unspecified atom stereocenters. The number of urea groups is 1. The zero-order valence-electron chi connectivity index (χ0n) is 14.5. The second kappa shape index (κ2) is 5.14. The van der Waals surface area contributed by atoms with E-state index in [1.807, 2.05) is 9.58 Å². The van der Waals surface area contributed by atoms with E-state index in [-0.39, 0.29) is 11.4 Å². The van der Waals surface area contributed by atoms with Crippen molar-refractivity contribution in [3.63, 3.8) is 0 Å². The van der Waals surface area contributed by atoms with Crippen LogP contribution in [0.4, 0.5) is 10.6 Å². The van der Waals surface area contributed by atoms with Gasteiger partial charge in [-0.05, 0) is 33.6 Å². The Bertz CT molecular complexity index is 869. The number of fused-ring (bicyclic) bond motifs is 1. The van der Waals surface area contributed by atoms with Crippen molar-refractivity contribution in [2.45, 2.75) is 44.7 Å². The fraction of sp³-hybridized carbons (Fsp3) is 0.562. The molecule has 0 aliphatic carbocycles. The number of anilines is 1. The standard InChI is InChI=1S/C16H21N7O2/c1-15(2,3)23-12-10(7-19-23)11(17-9-18-12)22-6-4-5-16(8-22)13(24)20-14(25)21-16/h7,9H,4-6,8H2,1-3H3,(H2,20,21,24,25). The first-order valence-corrected chi connectivity index (χ1v) is 8.38. The first kappa shape index (κ1) is 15.8. The quantitative estimate of drug-likeness (QED) is 0.741. The molecule has 2 aliphatic rings. The number of aromatic nitrogens is 4. The van der Waals surface area contributed by atoms with E-state index in [2.05, 4.69) is 46.5 Å². The van der Waals surface area contributed by atoms with Gasteiger partial charge >= 0.3 is 6.03 Å². The monoisotopic (exact) mass is 343 g/mol. The normalized spacial score (nSPS) is 24.0. The minimum Gasteiger partial charge on any atom is -0.353 e. The highest BCUT2D eigenvalue weighted by Gasteiger charge is 2.49. The summed E-state index contributed by atoms with van der Waals surface area (Å²) in [4.78, 5) is 34.7. The molecule has 2 aromatic rings. The van der Waals surface area contributed by atoms with Gasteiger partial charge in [0.05, 0.1) is 23.7 Å². The highest BCUT2D eigenvalue weighted by molar-refractivity contribution is 6.07. The van der Waals surface area contributed by atoms with Gasteiger partial charge in [-0.2, -0.15) is 5.10 Å². The molecule has 4 rings (SSSR count). The number of hydrogen-bond acceptors (Lipinski definition) is 6. The lowest BCUT2D eigenvalue weighted by molar-refractivity contribution is -0.124. The summed E-state index contributed by atoms with van der Waals surface area (Å²) >= 11 is 0. The smallest absolute Gasteiger partial charge is 0.322 e. The molecular formula is C16H21N7O2. The third-order valence-electron chi connectivity index (χ3n) is 4.79. The van der Waals surface area contributed by atoms with Crippen LogP contribution in [0.5, 0.6) is 0 Å². The average molecular weight is 343 g/mol. The zero-order valence-corrected chi connectivity index (χ0v) is 14.5. The van der Waals surface area contributed by atoms with E-state index in [9.17, 15) is 9.59 Å². The van der Waals surface area contributed by atoms with Crippen molar-refractivity contribution in [2.75, 3.05) is 18.0 Å². The number of amides is 3. The molecule has 1 atom stereocenters. The van der Waals surface area contributed by atoms with Gasteiger partial charge in [0, 0.05) is 6.54 Å². The predicted octanol–water partition coefficient (Wildman–Crippen LogP) is 0.760. The summed E-state index contributed by atoms with van der Waals surface area (Å²) < 4.78 is 1.87. The molecule has 9 nitrogen and oxygen atoms in total. The summed E-state index contributed by atoms with van der Waals surface area (Å²) in [5.41, 5.74) is -0.320. The van der Waals surface area contributed by atoms with Gasteiger partial charge in [0.1, 0.15) is 17.7 Å². The Morgan fingerprint density at radius 1 is 1.24 bits per heavy atom. The van der Waals surface area contributed by atoms with Crippen LogP contribution >= 0.6 is 0 Å². The molecule has 3 amide bonds. The Balaban J connectivity index is 1.74. The van der Waals surface area contributed by atoms with Gasteiger partial charge in [0.15, 0.2) is 5.65 Å². The first-order chi connectivity index (χ1) is 11.8. The highest BCUT2D eigenvalue weighted by Crippen LogP contribution is 2.31. The number of piperidine rings is 1. The van der Waals surface area contributed by atoms with Gasteiger partial charge in [-0.25, -0.2) is 19.4 Å². The van der Waals surface area contributed by atoms with Crippen molar-refractivity contribution < 1.29 is 9.59 Å². The maximum atomic E-state index is 12.3. The summed E-state index contributed by atoms with van der Waals surface area (Å²) in [6.45, 7) is 7.34. The van der Waals surface area contributed by atoms with Crippen molar-refractivity contribution >= 4 is 28.8 Å². The van der Waals surface area contributed by atoms with E-state index in [1.54, 1.807) is 6.20 Å². The summed E-state index contributed by atoms with van der Waals surface area (Å²) in [6, 6.07) is -0.430. The van der Waals surface area contributed by atoms with E-state index < -0.39 is 11.6 Å². The van der Waals surface area contributed by atoms with Crippen LogP contribution in [0.2, 0.25) is 0 Å². The SMILES string of the molecule is CC(C)(C)n1ncc2c(N3CCCC4(C3)NC(=O)NC4=O)ncnc21. The van der Waals surface area contributed by atoms with Gasteiger partial charge in [-0.15, -0.1) is 0 Å². The summed E-state index contributed by atoms with van der Waals surface area (Å²) in [6.07, 6.45) is 4.70. The molecule has 2 aliphatic heterocycles. The van der Waals surface area contributed by atoms with Crippen LogP contribution in [0.25, 0.3) is 11.0 Å². The fourth-order valence-corrected chi connectivity index (χ4v) is 3.63. The molecule has 1 spiro atoms. The Labute approximate surface area is 144 Å². The Kier molecular flexibility index (Phi) is 3.25. The van der Waals surface area contributed by atoms with Crippen molar-refractivity contribution in [1.82, 2.24) is 30.4 Å². The van der Waals surface area contributed by atoms with Crippen LogP contribution < -0.4 is 15.5 Å². The number of carbonyl (C=O) groups is 2. The number of nitrogens with zero attached hydrogens (tertiary/aromatic N) is 5. The van der Waals surface area contributed by atoms with Gasteiger partial charge in [0.2, 0.25) is 0 Å². The maximum Gasteiger partial charge on any atom is 0.322 e. The lowest BCUT2D eigenvalue weighted by Gasteiger charge is -2.38. The van der Waals surface area contributed by atoms with Crippen LogP contribution in [0.3, 0.4) is 0 Å². The first-order valence-electron chi connectivity index (χ1n) is 8.38. The molecule has 4 heterocycles. The van der Waals surface area contributed by atoms with Crippen molar-refractivity contribution in [1.29, 1.82) is 0 Å². The summed E-state index contributed by atoms with van der Waals surface area (Å²) in [7, 11) is 0. The summed E-state index contributed by atoms with van der Waals surface area (Å²) in [5.74, 6) is 0.478. The highest BCUT2D eigenvalue weighted by atomic mass is 16.2. The van der Waals surface area contributed by atoms with Crippen LogP contribution in [0.1, 0.15) is 33.6 Å². The molecule has 2 aromatic heterocycles. The number of carbonyl (C=O) groups excluding carboxylic acids is 2. The second-order valence-electron chi connectivity index (χ2n) is 7.68. The Morgan fingerprint density at radius 3 is 2.72 bits per heavy atom. The Morgan fingerprint density at radius 2 is 2.04 bits per heavy atom. The molecule has 0 aromatic carbocycles. The molecule has 0 radical (unpaired) electrons. The number of imide groups is 1. The van der Waals surface area contributed by atoms with E-state index in [0.29, 0.717) is 13.0 Å². The van der Waals surface area contributed by atoms with Crippen molar-refractivity contribution in [3.05, 3.63) is 12.5 Å². The number of rotatable bonds is 1. The van der Waals surface area contributed by atoms with E-state index in [1.165, 1.54) is 6.33 Å². The van der Waals surface area contributed by atoms with Crippen LogP contribution in [-0.2, 0) is 10.3 Å². The Hall–Kier alpha value is -2.71. The van der Waals surface area contributed by atoms with Crippen molar-refractivity contribution in [2.24, 2.45) is 0 Å². The van der Waals surface area contributed by atoms with Crippen LogP contribution in [0, 0.1) is 0 Å². The van der Waals surface area contributed by atoms with E-state index >= 15 is 0 Å². The largest absolute Gasteiger partial charge is 0.353 e. The third kappa shape index (κ3) is 2.41. The average Bonchev–Trinajstić information content (AvgIpc) is 3.08. The molecule has 0 saturated carbocycles. The lowest BCUT2D eigenvalue weighted by Crippen LogP contribution is -2.58. The topological polar surface area (TPSA) is 105 Å². The van der Waals surface area contributed by atoms with Crippen LogP contribution in [-0.4, -0.2) is 50.3 Å². The minimum atomic E-state index is -0.882. The predicted molar refractivity (Wildman–Crippen MR) is 91.2 cm³/mol. The number of hydrogen-bond donors (Lipinski definition) is 2. The van der Waals surface area contributed by atoms with Gasteiger partial charge in [0.25, 0.3) is 5.91 Å². The minimum absolute atomic E-state index is 0.199. The van der Waals surface area contributed by atoms with Crippen molar-refractivity contribution in [3.8, 4) is 0 Å². The molecule has 0 bridgehead atoms. The molecule has 25 heavy (non-hydrogen) atoms. The van der Waals surface area contributed by atoms with Gasteiger partial charge in [-0.1, -0.05) is 0 Å². The zero-order chi connectivity index (χ0) is 17.8. The summed E-state index contributed by atoms with van der Waals surface area (Å²) in [5, 5.41) is 10.5.